The average Bonchev–Trinajstić information content (AvgIpc) is 2.46. The fourth-order valence-electron chi connectivity index (χ4n) is 2.55. The maximum Gasteiger partial charge on any atom is 0.218 e. The number of rotatable bonds is 6. The normalized spacial score (nSPS) is 18.2. The van der Waals surface area contributed by atoms with Gasteiger partial charge in [-0.15, -0.1) is 0 Å². The summed E-state index contributed by atoms with van der Waals surface area (Å²) in [4.78, 5) is 2.37. The minimum atomic E-state index is -3.18. The quantitative estimate of drug-likeness (QED) is 0.808. The van der Waals surface area contributed by atoms with Crippen LogP contribution >= 0.6 is 0 Å². The van der Waals surface area contributed by atoms with Crippen molar-refractivity contribution in [2.75, 3.05) is 32.7 Å². The molecule has 1 heterocycles. The van der Waals surface area contributed by atoms with Crippen molar-refractivity contribution in [1.82, 2.24) is 9.21 Å². The van der Waals surface area contributed by atoms with E-state index in [9.17, 15) is 8.42 Å². The van der Waals surface area contributed by atoms with E-state index in [-0.39, 0.29) is 5.75 Å². The van der Waals surface area contributed by atoms with Gasteiger partial charge in [-0.05, 0) is 24.4 Å². The summed E-state index contributed by atoms with van der Waals surface area (Å²) in [5, 5.41) is 0. The predicted octanol–water partition coefficient (Wildman–Crippen LogP) is 2.18. The summed E-state index contributed by atoms with van der Waals surface area (Å²) >= 11 is 0. The van der Waals surface area contributed by atoms with Crippen LogP contribution in [0.2, 0.25) is 0 Å². The highest BCUT2D eigenvalue weighted by molar-refractivity contribution is 7.88. The molecule has 0 spiro atoms. The molecule has 0 amide bonds. The molecule has 0 radical (unpaired) electrons. The van der Waals surface area contributed by atoms with E-state index in [2.05, 4.69) is 18.7 Å². The minimum absolute atomic E-state index is 0.111. The molecule has 0 saturated carbocycles. The highest BCUT2D eigenvalue weighted by atomic mass is 32.2. The van der Waals surface area contributed by atoms with Crippen molar-refractivity contribution in [3.8, 4) is 0 Å². The topological polar surface area (TPSA) is 40.6 Å². The van der Waals surface area contributed by atoms with E-state index in [1.807, 2.05) is 30.3 Å². The van der Waals surface area contributed by atoms with E-state index in [0.717, 1.165) is 25.2 Å². The van der Waals surface area contributed by atoms with Gasteiger partial charge in [0.25, 0.3) is 0 Å². The third kappa shape index (κ3) is 5.09. The lowest BCUT2D eigenvalue weighted by molar-refractivity contribution is 0.180. The van der Waals surface area contributed by atoms with Gasteiger partial charge in [-0.1, -0.05) is 44.2 Å². The molecule has 0 aromatic heterocycles. The molecule has 5 heteroatoms. The van der Waals surface area contributed by atoms with Gasteiger partial charge in [0, 0.05) is 26.2 Å². The van der Waals surface area contributed by atoms with Crippen LogP contribution in [0, 0.1) is 5.92 Å². The highest BCUT2D eigenvalue weighted by Gasteiger charge is 2.26. The fraction of sp³-hybridized carbons (Fsp3) is 0.625. The largest absolute Gasteiger partial charge is 0.301 e. The molecule has 0 aliphatic carbocycles. The van der Waals surface area contributed by atoms with Crippen LogP contribution < -0.4 is 0 Å². The fourth-order valence-corrected chi connectivity index (χ4v) is 4.06. The van der Waals surface area contributed by atoms with E-state index in [1.165, 1.54) is 6.42 Å². The van der Waals surface area contributed by atoms with Crippen LogP contribution in [0.25, 0.3) is 0 Å². The standard InChI is InChI=1S/C16H26N2O2S/c1-15(2)8-9-17-10-12-18(13-11-17)21(19,20)14-16-6-4-3-5-7-16/h3-7,15H,8-14H2,1-2H3. The van der Waals surface area contributed by atoms with Crippen LogP contribution in [-0.2, 0) is 15.8 Å². The third-order valence-electron chi connectivity index (χ3n) is 3.94. The first-order valence-corrected chi connectivity index (χ1v) is 9.32. The molecule has 1 saturated heterocycles. The van der Waals surface area contributed by atoms with E-state index >= 15 is 0 Å². The second kappa shape index (κ2) is 7.38. The average molecular weight is 310 g/mol. The molecule has 0 atom stereocenters. The lowest BCUT2D eigenvalue weighted by Crippen LogP contribution is -2.49. The van der Waals surface area contributed by atoms with Gasteiger partial charge in [0.15, 0.2) is 0 Å². The summed E-state index contributed by atoms with van der Waals surface area (Å²) in [5.74, 6) is 0.810. The highest BCUT2D eigenvalue weighted by Crippen LogP contribution is 2.14. The molecule has 0 bridgehead atoms. The lowest BCUT2D eigenvalue weighted by atomic mass is 10.1. The molecule has 118 valence electrons. The Balaban J connectivity index is 1.86. The second-order valence-electron chi connectivity index (χ2n) is 6.17. The summed E-state index contributed by atoms with van der Waals surface area (Å²) in [6.45, 7) is 8.45. The maximum atomic E-state index is 12.4. The van der Waals surface area contributed by atoms with Gasteiger partial charge < -0.3 is 4.90 Å². The number of piperazine rings is 1. The molecule has 1 fully saturated rings. The molecular weight excluding hydrogens is 284 g/mol. The molecule has 0 N–H and O–H groups in total. The summed E-state index contributed by atoms with van der Waals surface area (Å²) in [5.41, 5.74) is 0.861. The molecule has 4 nitrogen and oxygen atoms in total. The van der Waals surface area contributed by atoms with Crippen LogP contribution in [0.1, 0.15) is 25.8 Å². The van der Waals surface area contributed by atoms with Crippen molar-refractivity contribution < 1.29 is 8.42 Å². The van der Waals surface area contributed by atoms with E-state index in [1.54, 1.807) is 4.31 Å². The number of hydrogen-bond donors (Lipinski definition) is 0. The van der Waals surface area contributed by atoms with Crippen molar-refractivity contribution in [2.45, 2.75) is 26.0 Å². The van der Waals surface area contributed by atoms with Gasteiger partial charge in [0.2, 0.25) is 10.0 Å². The Kier molecular flexibility index (Phi) is 5.79. The van der Waals surface area contributed by atoms with Crippen LogP contribution in [0.3, 0.4) is 0 Å². The molecule has 2 rings (SSSR count). The Morgan fingerprint density at radius 2 is 1.67 bits per heavy atom. The Morgan fingerprint density at radius 1 is 1.05 bits per heavy atom. The van der Waals surface area contributed by atoms with Gasteiger partial charge in [0.1, 0.15) is 0 Å². The molecule has 21 heavy (non-hydrogen) atoms. The van der Waals surface area contributed by atoms with Crippen molar-refractivity contribution in [2.24, 2.45) is 5.92 Å². The zero-order valence-corrected chi connectivity index (χ0v) is 13.8. The summed E-state index contributed by atoms with van der Waals surface area (Å²) in [6.07, 6.45) is 1.18. The smallest absolute Gasteiger partial charge is 0.218 e. The monoisotopic (exact) mass is 310 g/mol. The van der Waals surface area contributed by atoms with Crippen LogP contribution in [-0.4, -0.2) is 50.3 Å². The Hall–Kier alpha value is -0.910. The molecule has 1 aliphatic rings. The van der Waals surface area contributed by atoms with Gasteiger partial charge >= 0.3 is 0 Å². The zero-order valence-electron chi connectivity index (χ0n) is 13.0. The minimum Gasteiger partial charge on any atom is -0.301 e. The summed E-state index contributed by atoms with van der Waals surface area (Å²) in [6, 6.07) is 9.42. The molecule has 0 unspecified atom stereocenters. The SMILES string of the molecule is CC(C)CCN1CCN(S(=O)(=O)Cc2ccccc2)CC1. The Bertz CT molecular complexity index is 520. The molecule has 1 aromatic rings. The number of benzene rings is 1. The summed E-state index contributed by atoms with van der Waals surface area (Å²) in [7, 11) is -3.18. The van der Waals surface area contributed by atoms with Crippen LogP contribution in [0.15, 0.2) is 30.3 Å². The van der Waals surface area contributed by atoms with Gasteiger partial charge in [-0.2, -0.15) is 4.31 Å². The first-order chi connectivity index (χ1) is 9.97. The number of sulfonamides is 1. The van der Waals surface area contributed by atoms with E-state index in [4.69, 9.17) is 0 Å². The zero-order chi connectivity index (χ0) is 15.3. The second-order valence-corrected chi connectivity index (χ2v) is 8.13. The number of hydrogen-bond acceptors (Lipinski definition) is 3. The molecule has 1 aromatic carbocycles. The molecule has 1 aliphatic heterocycles. The van der Waals surface area contributed by atoms with Crippen molar-refractivity contribution in [3.05, 3.63) is 35.9 Å². The predicted molar refractivity (Wildman–Crippen MR) is 86.5 cm³/mol. The Morgan fingerprint density at radius 3 is 2.24 bits per heavy atom. The van der Waals surface area contributed by atoms with Crippen molar-refractivity contribution >= 4 is 10.0 Å². The molecular formula is C16H26N2O2S. The van der Waals surface area contributed by atoms with E-state index < -0.39 is 10.0 Å². The first-order valence-electron chi connectivity index (χ1n) is 7.71. The maximum absolute atomic E-state index is 12.4. The summed E-state index contributed by atoms with van der Waals surface area (Å²) < 4.78 is 26.5. The first kappa shape index (κ1) is 16.5. The van der Waals surface area contributed by atoms with Crippen molar-refractivity contribution in [3.63, 3.8) is 0 Å². The van der Waals surface area contributed by atoms with Crippen LogP contribution in [0.4, 0.5) is 0 Å². The van der Waals surface area contributed by atoms with Gasteiger partial charge in [-0.3, -0.25) is 0 Å². The van der Waals surface area contributed by atoms with Gasteiger partial charge in [-0.25, -0.2) is 8.42 Å². The third-order valence-corrected chi connectivity index (χ3v) is 5.79. The Labute approximate surface area is 128 Å². The van der Waals surface area contributed by atoms with Gasteiger partial charge in [0.05, 0.1) is 5.75 Å². The lowest BCUT2D eigenvalue weighted by Gasteiger charge is -2.34. The van der Waals surface area contributed by atoms with Crippen LogP contribution in [0.5, 0.6) is 0 Å². The van der Waals surface area contributed by atoms with Crippen molar-refractivity contribution in [1.29, 1.82) is 0 Å². The number of nitrogens with zero attached hydrogens (tertiary/aromatic N) is 2. The van der Waals surface area contributed by atoms with E-state index in [0.29, 0.717) is 19.0 Å².